The van der Waals surface area contributed by atoms with E-state index in [9.17, 15) is 10.2 Å². The van der Waals surface area contributed by atoms with Crippen molar-refractivity contribution in [2.45, 2.75) is 45.5 Å². The minimum atomic E-state index is -0.152. The Morgan fingerprint density at radius 2 is 1.77 bits per heavy atom. The summed E-state index contributed by atoms with van der Waals surface area (Å²) in [6.07, 6.45) is 1.83. The van der Waals surface area contributed by atoms with Gasteiger partial charge in [-0.15, -0.1) is 0 Å². The van der Waals surface area contributed by atoms with Gasteiger partial charge in [0.25, 0.3) is 0 Å². The molecule has 1 atom stereocenters. The summed E-state index contributed by atoms with van der Waals surface area (Å²) in [7, 11) is 1.63. The first-order chi connectivity index (χ1) is 14.7. The predicted molar refractivity (Wildman–Crippen MR) is 118 cm³/mol. The highest BCUT2D eigenvalue weighted by Gasteiger charge is 2.25. The fourth-order valence-electron chi connectivity index (χ4n) is 4.39. The molecular weight excluding hydrogens is 376 g/mol. The minimum absolute atomic E-state index is 0.136. The summed E-state index contributed by atoms with van der Waals surface area (Å²) in [6.45, 7) is 2.48. The fraction of sp³-hybridized carbons (Fsp3) is 0.308. The van der Waals surface area contributed by atoms with Crippen LogP contribution in [0, 0.1) is 0 Å². The first kappa shape index (κ1) is 20.5. The van der Waals surface area contributed by atoms with Gasteiger partial charge in [0, 0.05) is 11.1 Å². The molecule has 1 aliphatic rings. The molecule has 3 aromatic rings. The monoisotopic (exact) mass is 404 g/mol. The molecule has 0 unspecified atom stereocenters. The summed E-state index contributed by atoms with van der Waals surface area (Å²) < 4.78 is 11.8. The van der Waals surface area contributed by atoms with E-state index >= 15 is 0 Å². The number of aliphatic hydroxyl groups is 2. The number of hydrogen-bond acceptors (Lipinski definition) is 4. The maximum Gasteiger partial charge on any atom is 0.128 e. The molecule has 0 heterocycles. The van der Waals surface area contributed by atoms with Crippen LogP contribution in [0.15, 0.2) is 54.6 Å². The van der Waals surface area contributed by atoms with E-state index in [1.165, 1.54) is 5.56 Å². The molecule has 0 radical (unpaired) electrons. The Morgan fingerprint density at radius 3 is 2.47 bits per heavy atom. The van der Waals surface area contributed by atoms with Gasteiger partial charge in [0.2, 0.25) is 0 Å². The molecule has 0 aromatic heterocycles. The first-order valence-corrected chi connectivity index (χ1v) is 10.4. The zero-order valence-electron chi connectivity index (χ0n) is 17.5. The van der Waals surface area contributed by atoms with Crippen LogP contribution in [0.2, 0.25) is 0 Å². The van der Waals surface area contributed by atoms with E-state index in [0.717, 1.165) is 40.8 Å². The van der Waals surface area contributed by atoms with Crippen LogP contribution in [0.25, 0.3) is 11.1 Å². The van der Waals surface area contributed by atoms with Crippen LogP contribution < -0.4 is 9.47 Å². The molecule has 2 N–H and O–H groups in total. The Kier molecular flexibility index (Phi) is 6.07. The molecular formula is C26H28O4. The number of fused-ring (bicyclic) bond motifs is 3. The fourth-order valence-corrected chi connectivity index (χ4v) is 4.39. The molecule has 0 fully saturated rings. The molecule has 30 heavy (non-hydrogen) atoms. The van der Waals surface area contributed by atoms with Crippen molar-refractivity contribution in [3.63, 3.8) is 0 Å². The highest BCUT2D eigenvalue weighted by molar-refractivity contribution is 5.77. The lowest BCUT2D eigenvalue weighted by atomic mass is 9.90. The Morgan fingerprint density at radius 1 is 0.967 bits per heavy atom. The number of rotatable bonds is 6. The maximum absolute atomic E-state index is 9.88. The number of aliphatic hydroxyl groups excluding tert-OH is 2. The molecule has 0 saturated heterocycles. The van der Waals surface area contributed by atoms with Crippen LogP contribution in [0.1, 0.15) is 47.1 Å². The van der Waals surface area contributed by atoms with Gasteiger partial charge in [-0.2, -0.15) is 0 Å². The van der Waals surface area contributed by atoms with Crippen molar-refractivity contribution < 1.29 is 19.7 Å². The van der Waals surface area contributed by atoms with Gasteiger partial charge in [0.15, 0.2) is 0 Å². The van der Waals surface area contributed by atoms with Gasteiger partial charge in [-0.1, -0.05) is 43.3 Å². The highest BCUT2D eigenvalue weighted by atomic mass is 16.5. The van der Waals surface area contributed by atoms with Gasteiger partial charge in [-0.05, 0) is 64.8 Å². The Bertz CT molecular complexity index is 1030. The normalized spacial score (nSPS) is 15.1. The van der Waals surface area contributed by atoms with Gasteiger partial charge in [-0.25, -0.2) is 0 Å². The average Bonchev–Trinajstić information content (AvgIpc) is 2.93. The zero-order valence-corrected chi connectivity index (χ0v) is 17.5. The van der Waals surface area contributed by atoms with Crippen molar-refractivity contribution in [1.29, 1.82) is 0 Å². The Balaban J connectivity index is 1.76. The SMILES string of the molecule is COc1c(CO)c(CO)cc2c1CC[C@H](C)c1cc(OCc3ccccc3)ccc1-2. The van der Waals surface area contributed by atoms with Crippen molar-refractivity contribution >= 4 is 0 Å². The number of hydrogen-bond donors (Lipinski definition) is 2. The van der Waals surface area contributed by atoms with E-state index in [2.05, 4.69) is 31.2 Å². The minimum Gasteiger partial charge on any atom is -0.496 e. The second-order valence-electron chi connectivity index (χ2n) is 7.85. The van der Waals surface area contributed by atoms with E-state index < -0.39 is 0 Å². The molecule has 0 spiro atoms. The molecule has 4 rings (SSSR count). The van der Waals surface area contributed by atoms with Crippen molar-refractivity contribution in [3.8, 4) is 22.6 Å². The Hall–Kier alpha value is -2.82. The van der Waals surface area contributed by atoms with E-state index in [-0.39, 0.29) is 13.2 Å². The molecule has 0 bridgehead atoms. The molecule has 0 saturated carbocycles. The van der Waals surface area contributed by atoms with E-state index in [1.54, 1.807) is 7.11 Å². The molecule has 4 nitrogen and oxygen atoms in total. The third-order valence-corrected chi connectivity index (χ3v) is 6.03. The number of benzene rings is 3. The maximum atomic E-state index is 9.88. The molecule has 4 heteroatoms. The van der Waals surface area contributed by atoms with Gasteiger partial charge in [0.05, 0.1) is 20.3 Å². The van der Waals surface area contributed by atoms with Crippen molar-refractivity contribution in [1.82, 2.24) is 0 Å². The molecule has 156 valence electrons. The first-order valence-electron chi connectivity index (χ1n) is 10.4. The molecule has 0 amide bonds. The second-order valence-corrected chi connectivity index (χ2v) is 7.85. The van der Waals surface area contributed by atoms with Crippen LogP contribution >= 0.6 is 0 Å². The smallest absolute Gasteiger partial charge is 0.128 e. The summed E-state index contributed by atoms with van der Waals surface area (Å²) >= 11 is 0. The third kappa shape index (κ3) is 3.81. The summed E-state index contributed by atoms with van der Waals surface area (Å²) in [5.74, 6) is 1.91. The zero-order chi connectivity index (χ0) is 21.1. The number of methoxy groups -OCH3 is 1. The summed E-state index contributed by atoms with van der Waals surface area (Å²) in [4.78, 5) is 0. The number of ether oxygens (including phenoxy) is 2. The average molecular weight is 405 g/mol. The predicted octanol–water partition coefficient (Wildman–Crippen LogP) is 4.98. The Labute approximate surface area is 177 Å². The topological polar surface area (TPSA) is 58.9 Å². The van der Waals surface area contributed by atoms with E-state index in [1.807, 2.05) is 30.3 Å². The van der Waals surface area contributed by atoms with Crippen LogP contribution in [-0.2, 0) is 26.2 Å². The lowest BCUT2D eigenvalue weighted by Gasteiger charge is -2.20. The van der Waals surface area contributed by atoms with Gasteiger partial charge in [0.1, 0.15) is 18.1 Å². The quantitative estimate of drug-likeness (QED) is 0.609. The second kappa shape index (κ2) is 8.90. The lowest BCUT2D eigenvalue weighted by Crippen LogP contribution is -2.04. The third-order valence-electron chi connectivity index (χ3n) is 6.03. The van der Waals surface area contributed by atoms with Crippen LogP contribution in [0.4, 0.5) is 0 Å². The summed E-state index contributed by atoms with van der Waals surface area (Å²) in [5.41, 5.74) is 7.07. The lowest BCUT2D eigenvalue weighted by molar-refractivity contribution is 0.253. The van der Waals surface area contributed by atoms with Gasteiger partial charge < -0.3 is 19.7 Å². The molecule has 0 aliphatic heterocycles. The summed E-state index contributed by atoms with van der Waals surface area (Å²) in [5, 5.41) is 19.7. The van der Waals surface area contributed by atoms with Crippen molar-refractivity contribution in [2.75, 3.05) is 7.11 Å². The molecule has 1 aliphatic carbocycles. The van der Waals surface area contributed by atoms with Crippen LogP contribution in [-0.4, -0.2) is 17.3 Å². The van der Waals surface area contributed by atoms with Crippen LogP contribution in [0.3, 0.4) is 0 Å². The highest BCUT2D eigenvalue weighted by Crippen LogP contribution is 2.45. The van der Waals surface area contributed by atoms with Crippen molar-refractivity contribution in [2.24, 2.45) is 0 Å². The molecule has 3 aromatic carbocycles. The van der Waals surface area contributed by atoms with Crippen LogP contribution in [0.5, 0.6) is 11.5 Å². The standard InChI is InChI=1S/C26H28O4/c1-17-8-10-22-24(12-19(14-27)25(15-28)26(22)29-2)21-11-9-20(13-23(17)21)30-16-18-6-4-3-5-7-18/h3-7,9,11-13,17,27-28H,8,10,14-16H2,1-2H3/t17-/m0/s1. The van der Waals surface area contributed by atoms with E-state index in [4.69, 9.17) is 9.47 Å². The largest absolute Gasteiger partial charge is 0.496 e. The van der Waals surface area contributed by atoms with E-state index in [0.29, 0.717) is 29.4 Å². The summed E-state index contributed by atoms with van der Waals surface area (Å²) in [6, 6.07) is 18.4. The van der Waals surface area contributed by atoms with Gasteiger partial charge in [-0.3, -0.25) is 0 Å². The van der Waals surface area contributed by atoms with Gasteiger partial charge >= 0.3 is 0 Å². The van der Waals surface area contributed by atoms with Crippen molar-refractivity contribution in [3.05, 3.63) is 82.4 Å².